The van der Waals surface area contributed by atoms with Gasteiger partial charge >= 0.3 is 0 Å². The summed E-state index contributed by atoms with van der Waals surface area (Å²) in [6.07, 6.45) is 0. The Morgan fingerprint density at radius 3 is 2.17 bits per heavy atom. The maximum Gasteiger partial charge on any atom is 0.247 e. The maximum atomic E-state index is 12.5. The molecule has 1 aromatic carbocycles. The first-order valence-electron chi connectivity index (χ1n) is 2.95. The molecule has 0 amide bonds. The topological polar surface area (TPSA) is 17.1 Å². The Morgan fingerprint density at radius 2 is 1.75 bits per heavy atom. The smallest absolute Gasteiger partial charge is 0.247 e. The average Bonchev–Trinajstić information content (AvgIpc) is 1.81. The van der Waals surface area contributed by atoms with E-state index in [0.29, 0.717) is 11.8 Å². The fourth-order valence-corrected chi connectivity index (χ4v) is 1.55. The number of hydrogen-bond donors (Lipinski definition) is 1. The van der Waals surface area contributed by atoms with Crippen molar-refractivity contribution in [2.45, 2.75) is 4.90 Å². The molecule has 1 aromatic rings. The van der Waals surface area contributed by atoms with Crippen LogP contribution in [0.4, 0.5) is 13.6 Å². The van der Waals surface area contributed by atoms with Gasteiger partial charge in [-0.05, 0) is 23.9 Å². The molecule has 1 nitrogen and oxygen atoms in total. The lowest BCUT2D eigenvalue weighted by molar-refractivity contribution is 0.277. The normalized spacial score (nSPS) is 9.92. The molecule has 0 atom stereocenters. The van der Waals surface area contributed by atoms with E-state index < -0.39 is 16.1 Å². The highest BCUT2D eigenvalue weighted by atomic mass is 32.2. The molecular weight excluding hydrogens is 202 g/mol. The third-order valence-electron chi connectivity index (χ3n) is 1.04. The number of rotatable bonds is 1. The number of carbonyl (C=O) groups is 1. The van der Waals surface area contributed by atoms with Crippen LogP contribution in [0.3, 0.4) is 0 Å². The summed E-state index contributed by atoms with van der Waals surface area (Å²) in [6, 6.07) is 2.89. The molecule has 0 bridgehead atoms. The average molecular weight is 206 g/mol. The van der Waals surface area contributed by atoms with Crippen LogP contribution in [-0.4, -0.2) is 4.45 Å². The largest absolute Gasteiger partial charge is 0.274 e. The third-order valence-corrected chi connectivity index (χ3v) is 1.96. The molecule has 0 unspecified atom stereocenters. The lowest BCUT2D eigenvalue weighted by atomic mass is 10.3. The summed E-state index contributed by atoms with van der Waals surface area (Å²) in [7, 11) is 0. The first-order chi connectivity index (χ1) is 5.58. The van der Waals surface area contributed by atoms with Crippen molar-refractivity contribution in [2.75, 3.05) is 0 Å². The molecule has 0 saturated heterocycles. The van der Waals surface area contributed by atoms with Crippen molar-refractivity contribution in [3.05, 3.63) is 29.8 Å². The highest BCUT2D eigenvalue weighted by Crippen LogP contribution is 2.22. The van der Waals surface area contributed by atoms with E-state index in [1.807, 2.05) is 0 Å². The van der Waals surface area contributed by atoms with E-state index in [1.54, 1.807) is 0 Å². The summed E-state index contributed by atoms with van der Waals surface area (Å²) < 4.78 is 24.5. The number of halogens is 2. The van der Waals surface area contributed by atoms with Crippen LogP contribution in [0, 0.1) is 11.6 Å². The van der Waals surface area contributed by atoms with Crippen LogP contribution in [-0.2, 0) is 0 Å². The van der Waals surface area contributed by atoms with E-state index in [-0.39, 0.29) is 4.90 Å². The zero-order valence-corrected chi connectivity index (χ0v) is 7.46. The lowest BCUT2D eigenvalue weighted by Gasteiger charge is -1.96. The predicted octanol–water partition coefficient (Wildman–Crippen LogP) is 3.11. The summed E-state index contributed by atoms with van der Waals surface area (Å²) >= 11 is 4.13. The summed E-state index contributed by atoms with van der Waals surface area (Å²) in [5.41, 5.74) is 0. The molecular formula is C7H4F2OS2. The van der Waals surface area contributed by atoms with E-state index in [1.165, 1.54) is 0 Å². The highest BCUT2D eigenvalue weighted by molar-refractivity contribution is 8.32. The number of thioether (sulfide) groups is 1. The van der Waals surface area contributed by atoms with Crippen molar-refractivity contribution in [3.63, 3.8) is 0 Å². The summed E-state index contributed by atoms with van der Waals surface area (Å²) in [5, 5.41) is 0. The number of hydrogen-bond acceptors (Lipinski definition) is 2. The van der Waals surface area contributed by atoms with Crippen molar-refractivity contribution in [2.24, 2.45) is 0 Å². The van der Waals surface area contributed by atoms with Gasteiger partial charge in [-0.1, -0.05) is 12.6 Å². The minimum atomic E-state index is -0.702. The Hall–Kier alpha value is -0.550. The van der Waals surface area contributed by atoms with Crippen LogP contribution >= 0.6 is 24.4 Å². The number of benzene rings is 1. The standard InChI is InChI=1S/C7H4F2OS2/c8-4-1-5(9)3-6(2-4)12-7(10)11/h1-3H,(H,10,11). The van der Waals surface area contributed by atoms with E-state index in [4.69, 9.17) is 0 Å². The van der Waals surface area contributed by atoms with Crippen LogP contribution in [0.2, 0.25) is 0 Å². The number of carbonyl (C=O) groups excluding carboxylic acids is 1. The fraction of sp³-hybridized carbons (Fsp3) is 0. The molecule has 64 valence electrons. The summed E-state index contributed by atoms with van der Waals surface area (Å²) in [6.45, 7) is 0. The molecule has 0 aromatic heterocycles. The van der Waals surface area contributed by atoms with Gasteiger partial charge < -0.3 is 0 Å². The summed E-state index contributed by atoms with van der Waals surface area (Å²) in [4.78, 5) is 10.6. The molecule has 1 rings (SSSR count). The molecule has 0 spiro atoms. The van der Waals surface area contributed by atoms with E-state index in [9.17, 15) is 13.6 Å². The highest BCUT2D eigenvalue weighted by Gasteiger charge is 2.03. The van der Waals surface area contributed by atoms with Crippen molar-refractivity contribution < 1.29 is 13.6 Å². The van der Waals surface area contributed by atoms with Gasteiger partial charge in [0, 0.05) is 11.0 Å². The monoisotopic (exact) mass is 206 g/mol. The second-order valence-electron chi connectivity index (χ2n) is 1.97. The SMILES string of the molecule is O=C(S)Sc1cc(F)cc(F)c1. The molecule has 0 aliphatic carbocycles. The van der Waals surface area contributed by atoms with E-state index in [2.05, 4.69) is 12.6 Å². The molecule has 12 heavy (non-hydrogen) atoms. The molecule has 0 fully saturated rings. The Balaban J connectivity index is 2.93. The van der Waals surface area contributed by atoms with Gasteiger partial charge in [0.2, 0.25) is 4.45 Å². The van der Waals surface area contributed by atoms with Crippen LogP contribution < -0.4 is 0 Å². The van der Waals surface area contributed by atoms with Gasteiger partial charge in [0.15, 0.2) is 0 Å². The van der Waals surface area contributed by atoms with Gasteiger partial charge in [0.1, 0.15) is 11.6 Å². The minimum absolute atomic E-state index is 0.215. The predicted molar refractivity (Wildman–Crippen MR) is 46.6 cm³/mol. The molecule has 0 heterocycles. The van der Waals surface area contributed by atoms with E-state index >= 15 is 0 Å². The Morgan fingerprint density at radius 1 is 1.25 bits per heavy atom. The third kappa shape index (κ3) is 2.83. The zero-order valence-electron chi connectivity index (χ0n) is 5.75. The molecule has 0 aliphatic heterocycles. The Bertz CT molecular complexity index is 294. The second-order valence-corrected chi connectivity index (χ2v) is 3.73. The quantitative estimate of drug-likeness (QED) is 0.561. The fourth-order valence-electron chi connectivity index (χ4n) is 0.688. The van der Waals surface area contributed by atoms with Crippen molar-refractivity contribution in [3.8, 4) is 0 Å². The molecule has 0 saturated carbocycles. The summed E-state index contributed by atoms with van der Waals surface area (Å²) in [5.74, 6) is -1.40. The van der Waals surface area contributed by atoms with Crippen LogP contribution in [0.5, 0.6) is 0 Å². The minimum Gasteiger partial charge on any atom is -0.274 e. The van der Waals surface area contributed by atoms with Gasteiger partial charge in [-0.3, -0.25) is 4.79 Å². The van der Waals surface area contributed by atoms with Crippen molar-refractivity contribution in [1.82, 2.24) is 0 Å². The Kier molecular flexibility index (Phi) is 3.11. The second kappa shape index (κ2) is 3.91. The zero-order chi connectivity index (χ0) is 9.14. The number of thiol groups is 1. The van der Waals surface area contributed by atoms with Gasteiger partial charge in [0.05, 0.1) is 0 Å². The van der Waals surface area contributed by atoms with Crippen molar-refractivity contribution in [1.29, 1.82) is 0 Å². The maximum absolute atomic E-state index is 12.5. The van der Waals surface area contributed by atoms with Gasteiger partial charge in [-0.2, -0.15) is 0 Å². The van der Waals surface area contributed by atoms with Gasteiger partial charge in [-0.15, -0.1) is 0 Å². The first kappa shape index (κ1) is 9.54. The van der Waals surface area contributed by atoms with Crippen LogP contribution in [0.25, 0.3) is 0 Å². The van der Waals surface area contributed by atoms with Crippen molar-refractivity contribution >= 4 is 28.8 Å². The molecule has 5 heteroatoms. The van der Waals surface area contributed by atoms with Gasteiger partial charge in [0.25, 0.3) is 0 Å². The van der Waals surface area contributed by atoms with Gasteiger partial charge in [-0.25, -0.2) is 8.78 Å². The molecule has 0 radical (unpaired) electrons. The Labute approximate surface area is 77.6 Å². The van der Waals surface area contributed by atoms with Crippen LogP contribution in [0.1, 0.15) is 0 Å². The molecule has 0 N–H and O–H groups in total. The van der Waals surface area contributed by atoms with E-state index in [0.717, 1.165) is 18.2 Å². The first-order valence-corrected chi connectivity index (χ1v) is 4.21. The van der Waals surface area contributed by atoms with Crippen LogP contribution in [0.15, 0.2) is 23.1 Å². The lowest BCUT2D eigenvalue weighted by Crippen LogP contribution is -1.82. The molecule has 0 aliphatic rings.